The second-order valence-corrected chi connectivity index (χ2v) is 17.9. The number of amides is 1. The van der Waals surface area contributed by atoms with E-state index in [1.165, 1.54) is 135 Å². The molecule has 62 heavy (non-hydrogen) atoms. The Bertz CT molecular complexity index is 1110. The Hall–Kier alpha value is -1.85. The zero-order chi connectivity index (χ0) is 45.1. The number of carbonyl (C=O) groups excluding carboxylic acids is 1. The van der Waals surface area contributed by atoms with E-state index in [1.807, 2.05) is 0 Å². The molecule has 1 aliphatic heterocycles. The van der Waals surface area contributed by atoms with Gasteiger partial charge in [0.1, 0.15) is 24.4 Å². The molecule has 9 heteroatoms. The highest BCUT2D eigenvalue weighted by molar-refractivity contribution is 5.76. The first-order chi connectivity index (χ1) is 30.3. The van der Waals surface area contributed by atoms with Crippen LogP contribution in [0.25, 0.3) is 0 Å². The molecule has 1 fully saturated rings. The van der Waals surface area contributed by atoms with Gasteiger partial charge in [-0.15, -0.1) is 0 Å². The molecule has 0 bridgehead atoms. The fourth-order valence-electron chi connectivity index (χ4n) is 8.09. The molecule has 6 N–H and O–H groups in total. The van der Waals surface area contributed by atoms with Crippen LogP contribution in [0.2, 0.25) is 0 Å². The first-order valence-electron chi connectivity index (χ1n) is 25.8. The van der Waals surface area contributed by atoms with E-state index in [0.29, 0.717) is 12.8 Å². The second kappa shape index (κ2) is 43.1. The maximum absolute atomic E-state index is 13.0. The average molecular weight is 876 g/mol. The van der Waals surface area contributed by atoms with Crippen LogP contribution in [-0.4, -0.2) is 87.5 Å². The lowest BCUT2D eigenvalue weighted by Crippen LogP contribution is -2.60. The fraction of sp³-hybridized carbons (Fsp3) is 0.830. The minimum Gasteiger partial charge on any atom is -0.394 e. The summed E-state index contributed by atoms with van der Waals surface area (Å²) in [6.07, 6.45) is 48.3. The number of hydrogen-bond donors (Lipinski definition) is 6. The van der Waals surface area contributed by atoms with Crippen LogP contribution in [0.15, 0.2) is 48.6 Å². The molecule has 0 aromatic heterocycles. The van der Waals surface area contributed by atoms with Crippen LogP contribution in [0.4, 0.5) is 0 Å². The van der Waals surface area contributed by atoms with Crippen LogP contribution in [-0.2, 0) is 14.3 Å². The van der Waals surface area contributed by atoms with E-state index < -0.39 is 49.5 Å². The number of nitrogens with one attached hydrogen (secondary N) is 1. The molecular formula is C53H97NO8. The van der Waals surface area contributed by atoms with Gasteiger partial charge in [0.25, 0.3) is 0 Å². The maximum atomic E-state index is 13.0. The molecule has 362 valence electrons. The Morgan fingerprint density at radius 1 is 0.565 bits per heavy atom. The van der Waals surface area contributed by atoms with Gasteiger partial charge in [0.05, 0.1) is 25.4 Å². The highest BCUT2D eigenvalue weighted by atomic mass is 16.7. The van der Waals surface area contributed by atoms with E-state index >= 15 is 0 Å². The van der Waals surface area contributed by atoms with Crippen LogP contribution in [0.3, 0.4) is 0 Å². The quantitative estimate of drug-likeness (QED) is 0.0262. The summed E-state index contributed by atoms with van der Waals surface area (Å²) in [5.74, 6) is -0.147. The minimum absolute atomic E-state index is 0.139. The molecule has 0 spiro atoms. The van der Waals surface area contributed by atoms with Crippen LogP contribution >= 0.6 is 0 Å². The highest BCUT2D eigenvalue weighted by Crippen LogP contribution is 2.23. The smallest absolute Gasteiger partial charge is 0.220 e. The molecular weight excluding hydrogens is 779 g/mol. The van der Waals surface area contributed by atoms with Crippen molar-refractivity contribution in [2.45, 2.75) is 269 Å². The molecule has 1 rings (SSSR count). The third-order valence-corrected chi connectivity index (χ3v) is 12.2. The molecule has 0 radical (unpaired) electrons. The fourth-order valence-corrected chi connectivity index (χ4v) is 8.09. The minimum atomic E-state index is -1.55. The van der Waals surface area contributed by atoms with Crippen molar-refractivity contribution in [3.63, 3.8) is 0 Å². The van der Waals surface area contributed by atoms with Crippen molar-refractivity contribution in [1.29, 1.82) is 0 Å². The van der Waals surface area contributed by atoms with Gasteiger partial charge in [-0.2, -0.15) is 0 Å². The van der Waals surface area contributed by atoms with E-state index in [9.17, 15) is 30.3 Å². The van der Waals surface area contributed by atoms with Gasteiger partial charge in [0, 0.05) is 6.42 Å². The number of ether oxygens (including phenoxy) is 2. The van der Waals surface area contributed by atoms with Crippen molar-refractivity contribution in [3.05, 3.63) is 48.6 Å². The van der Waals surface area contributed by atoms with Gasteiger partial charge in [-0.3, -0.25) is 4.79 Å². The number of carbonyl (C=O) groups is 1. The van der Waals surface area contributed by atoms with E-state index in [4.69, 9.17) is 9.47 Å². The SMILES string of the molecule is CC/C=C\C/C=C\C/C=C\C/C=C\CCCCCCCCCCCCCCC(=O)NC(COC1OC(CO)C(O)C(O)C1O)C(O)CCCCCCCCCCCCCCCC. The third kappa shape index (κ3) is 32.8. The topological polar surface area (TPSA) is 149 Å². The van der Waals surface area contributed by atoms with Gasteiger partial charge in [0.15, 0.2) is 6.29 Å². The molecule has 0 aliphatic carbocycles. The molecule has 1 aliphatic rings. The zero-order valence-electron chi connectivity index (χ0n) is 39.9. The monoisotopic (exact) mass is 876 g/mol. The van der Waals surface area contributed by atoms with Gasteiger partial charge in [-0.25, -0.2) is 0 Å². The van der Waals surface area contributed by atoms with Crippen molar-refractivity contribution in [3.8, 4) is 0 Å². The second-order valence-electron chi connectivity index (χ2n) is 17.9. The zero-order valence-corrected chi connectivity index (χ0v) is 39.9. The van der Waals surface area contributed by atoms with Crippen molar-refractivity contribution in [1.82, 2.24) is 5.32 Å². The lowest BCUT2D eigenvalue weighted by atomic mass is 9.99. The van der Waals surface area contributed by atoms with Gasteiger partial charge in [0.2, 0.25) is 5.91 Å². The molecule has 0 aromatic carbocycles. The van der Waals surface area contributed by atoms with E-state index in [2.05, 4.69) is 67.8 Å². The number of aliphatic hydroxyl groups is 5. The summed E-state index contributed by atoms with van der Waals surface area (Å²) in [6, 6.07) is -0.720. The van der Waals surface area contributed by atoms with Crippen LogP contribution in [0.5, 0.6) is 0 Å². The molecule has 0 saturated carbocycles. The van der Waals surface area contributed by atoms with Gasteiger partial charge in [-0.05, 0) is 51.4 Å². The average Bonchev–Trinajstić information content (AvgIpc) is 3.27. The largest absolute Gasteiger partial charge is 0.394 e. The van der Waals surface area contributed by atoms with Crippen LogP contribution in [0.1, 0.15) is 226 Å². The van der Waals surface area contributed by atoms with Crippen molar-refractivity contribution in [2.75, 3.05) is 13.2 Å². The third-order valence-electron chi connectivity index (χ3n) is 12.2. The molecule has 7 atom stereocenters. The maximum Gasteiger partial charge on any atom is 0.220 e. The highest BCUT2D eigenvalue weighted by Gasteiger charge is 2.44. The molecule has 0 aromatic rings. The van der Waals surface area contributed by atoms with Crippen LogP contribution < -0.4 is 5.32 Å². The summed E-state index contributed by atoms with van der Waals surface area (Å²) in [4.78, 5) is 13.0. The number of hydrogen-bond acceptors (Lipinski definition) is 8. The number of allylic oxidation sites excluding steroid dienone is 8. The molecule has 1 amide bonds. The van der Waals surface area contributed by atoms with E-state index in [0.717, 1.165) is 64.2 Å². The summed E-state index contributed by atoms with van der Waals surface area (Å²) in [5.41, 5.74) is 0. The summed E-state index contributed by atoms with van der Waals surface area (Å²) in [7, 11) is 0. The predicted octanol–water partition coefficient (Wildman–Crippen LogP) is 11.8. The predicted molar refractivity (Wildman–Crippen MR) is 258 cm³/mol. The van der Waals surface area contributed by atoms with Gasteiger partial charge >= 0.3 is 0 Å². The molecule has 1 heterocycles. The number of rotatable bonds is 43. The van der Waals surface area contributed by atoms with Gasteiger partial charge < -0.3 is 40.3 Å². The van der Waals surface area contributed by atoms with E-state index in [1.54, 1.807) is 0 Å². The van der Waals surface area contributed by atoms with Gasteiger partial charge in [-0.1, -0.05) is 217 Å². The molecule has 9 nitrogen and oxygen atoms in total. The van der Waals surface area contributed by atoms with Crippen LogP contribution in [0, 0.1) is 0 Å². The first kappa shape index (κ1) is 58.2. The Kier molecular flexibility index (Phi) is 40.4. The summed E-state index contributed by atoms with van der Waals surface area (Å²) >= 11 is 0. The Morgan fingerprint density at radius 3 is 1.48 bits per heavy atom. The van der Waals surface area contributed by atoms with E-state index in [-0.39, 0.29) is 12.5 Å². The summed E-state index contributed by atoms with van der Waals surface area (Å²) in [5, 5.41) is 54.5. The Balaban J connectivity index is 2.23. The van der Waals surface area contributed by atoms with Crippen molar-refractivity contribution < 1.29 is 39.8 Å². The lowest BCUT2D eigenvalue weighted by molar-refractivity contribution is -0.302. The standard InChI is InChI=1S/C53H97NO8/c1-3-5-7-9-11-13-15-17-19-20-21-22-23-24-25-26-27-28-29-31-33-35-37-39-41-43-49(57)54-46(45-61-53-52(60)51(59)50(58)48(44-55)62-53)47(56)42-40-38-36-34-32-30-18-16-14-12-10-8-6-4-2/h5,7,11,13,17,19,21-22,46-48,50-53,55-56,58-60H,3-4,6,8-10,12,14-16,18,20,23-45H2,1-2H3,(H,54,57)/b7-5-,13-11-,19-17-,22-21-. The summed E-state index contributed by atoms with van der Waals surface area (Å²) < 4.78 is 11.3. The molecule has 1 saturated heterocycles. The Morgan fingerprint density at radius 2 is 1.00 bits per heavy atom. The lowest BCUT2D eigenvalue weighted by Gasteiger charge is -2.40. The van der Waals surface area contributed by atoms with Crippen molar-refractivity contribution in [2.24, 2.45) is 0 Å². The molecule has 7 unspecified atom stereocenters. The number of aliphatic hydroxyl groups excluding tert-OH is 5. The number of unbranched alkanes of at least 4 members (excludes halogenated alkanes) is 25. The Labute approximate surface area is 380 Å². The normalized spacial score (nSPS) is 20.7. The first-order valence-corrected chi connectivity index (χ1v) is 25.8. The summed E-state index contributed by atoms with van der Waals surface area (Å²) in [6.45, 7) is 3.73. The van der Waals surface area contributed by atoms with Crippen molar-refractivity contribution >= 4 is 5.91 Å².